The van der Waals surface area contributed by atoms with Gasteiger partial charge in [-0.25, -0.2) is 4.79 Å². The van der Waals surface area contributed by atoms with E-state index in [-0.39, 0.29) is 5.97 Å². The number of anilines is 1. The number of carbonyl (C=O) groups excluding carboxylic acids is 1. The van der Waals surface area contributed by atoms with Gasteiger partial charge in [-0.05, 0) is 61.2 Å². The number of ether oxygens (including phenoxy) is 1. The van der Waals surface area contributed by atoms with Crippen LogP contribution in [0.15, 0.2) is 48.5 Å². The number of rotatable bonds is 7. The third-order valence-corrected chi connectivity index (χ3v) is 5.85. The molecule has 30 heavy (non-hydrogen) atoms. The maximum Gasteiger partial charge on any atom is 0.337 e. The molecule has 3 rings (SSSR count). The second-order valence-electron chi connectivity index (χ2n) is 8.02. The number of carbonyl (C=O) groups is 1. The van der Waals surface area contributed by atoms with Crippen LogP contribution in [0.4, 0.5) is 5.69 Å². The first kappa shape index (κ1) is 21.8. The molecule has 1 N–H and O–H groups in total. The minimum absolute atomic E-state index is 0.351. The van der Waals surface area contributed by atoms with Crippen molar-refractivity contribution >= 4 is 11.7 Å². The molecule has 1 saturated heterocycles. The zero-order valence-corrected chi connectivity index (χ0v) is 17.7. The van der Waals surface area contributed by atoms with E-state index in [0.717, 1.165) is 44.6 Å². The van der Waals surface area contributed by atoms with E-state index < -0.39 is 5.60 Å². The lowest BCUT2D eigenvalue weighted by atomic mass is 9.90. The SMILES string of the molecule is COC(=O)c1ccc(N(C)CC2(O)CCN(CCc3ccc(C#N)cc3)CC2)cc1. The maximum atomic E-state index is 11.6. The molecule has 1 heterocycles. The van der Waals surface area contributed by atoms with Gasteiger partial charge in [0.05, 0.1) is 29.9 Å². The van der Waals surface area contributed by atoms with Crippen LogP contribution in [0.5, 0.6) is 0 Å². The predicted molar refractivity (Wildman–Crippen MR) is 117 cm³/mol. The largest absolute Gasteiger partial charge is 0.465 e. The minimum atomic E-state index is -0.722. The number of hydrogen-bond acceptors (Lipinski definition) is 6. The van der Waals surface area contributed by atoms with Gasteiger partial charge in [0.1, 0.15) is 0 Å². The molecule has 0 aliphatic carbocycles. The number of benzene rings is 2. The molecule has 1 fully saturated rings. The first-order chi connectivity index (χ1) is 14.4. The van der Waals surface area contributed by atoms with Gasteiger partial charge in [-0.3, -0.25) is 0 Å². The molecule has 0 saturated carbocycles. The first-order valence-corrected chi connectivity index (χ1v) is 10.3. The first-order valence-electron chi connectivity index (χ1n) is 10.3. The molecule has 0 radical (unpaired) electrons. The van der Waals surface area contributed by atoms with E-state index in [1.807, 2.05) is 48.3 Å². The Morgan fingerprint density at radius 3 is 2.37 bits per heavy atom. The molecule has 0 atom stereocenters. The van der Waals surface area contributed by atoms with Crippen LogP contribution in [0.25, 0.3) is 0 Å². The molecule has 0 spiro atoms. The lowest BCUT2D eigenvalue weighted by Crippen LogP contribution is -2.50. The number of methoxy groups -OCH3 is 1. The van der Waals surface area contributed by atoms with Crippen LogP contribution < -0.4 is 4.90 Å². The summed E-state index contributed by atoms with van der Waals surface area (Å²) in [5.41, 5.74) is 2.67. The van der Waals surface area contributed by atoms with Crippen LogP contribution >= 0.6 is 0 Å². The summed E-state index contributed by atoms with van der Waals surface area (Å²) in [5, 5.41) is 20.0. The van der Waals surface area contributed by atoms with Crippen molar-refractivity contribution < 1.29 is 14.6 Å². The van der Waals surface area contributed by atoms with Crippen LogP contribution in [0, 0.1) is 11.3 Å². The van der Waals surface area contributed by atoms with Crippen molar-refractivity contribution in [3.63, 3.8) is 0 Å². The van der Waals surface area contributed by atoms with Crippen molar-refractivity contribution in [2.45, 2.75) is 24.9 Å². The van der Waals surface area contributed by atoms with Gasteiger partial charge < -0.3 is 19.6 Å². The average Bonchev–Trinajstić information content (AvgIpc) is 2.78. The molecule has 0 amide bonds. The third kappa shape index (κ3) is 5.59. The Bertz CT molecular complexity index is 879. The second kappa shape index (κ2) is 9.75. The summed E-state index contributed by atoms with van der Waals surface area (Å²) >= 11 is 0. The second-order valence-corrected chi connectivity index (χ2v) is 8.02. The quantitative estimate of drug-likeness (QED) is 0.712. The standard InChI is InChI=1S/C24H29N3O3/c1-26(22-9-7-21(8-10-22)23(28)30-2)18-24(29)12-15-27(16-13-24)14-11-19-3-5-20(17-25)6-4-19/h3-10,29H,11-16,18H2,1-2H3. The molecule has 2 aromatic carbocycles. The Balaban J connectivity index is 1.47. The van der Waals surface area contributed by atoms with Crippen LogP contribution in [0.3, 0.4) is 0 Å². The predicted octanol–water partition coefficient (Wildman–Crippen LogP) is 2.85. The van der Waals surface area contributed by atoms with Gasteiger partial charge in [0, 0.05) is 38.9 Å². The summed E-state index contributed by atoms with van der Waals surface area (Å²) in [5.74, 6) is -0.351. The van der Waals surface area contributed by atoms with Crippen molar-refractivity contribution in [2.75, 3.05) is 45.2 Å². The summed E-state index contributed by atoms with van der Waals surface area (Å²) in [4.78, 5) is 16.0. The van der Waals surface area contributed by atoms with Crippen LogP contribution in [0.1, 0.15) is 34.3 Å². The fourth-order valence-corrected chi connectivity index (χ4v) is 3.89. The third-order valence-electron chi connectivity index (χ3n) is 5.85. The van der Waals surface area contributed by atoms with E-state index in [1.54, 1.807) is 12.1 Å². The number of aliphatic hydroxyl groups is 1. The van der Waals surface area contributed by atoms with Gasteiger partial charge >= 0.3 is 5.97 Å². The Kier molecular flexibility index (Phi) is 7.09. The Morgan fingerprint density at radius 2 is 1.80 bits per heavy atom. The van der Waals surface area contributed by atoms with E-state index in [0.29, 0.717) is 17.7 Å². The summed E-state index contributed by atoms with van der Waals surface area (Å²) in [6, 6.07) is 17.1. The molecule has 0 bridgehead atoms. The molecule has 158 valence electrons. The Labute approximate surface area is 178 Å². The number of likely N-dealkylation sites (tertiary alicyclic amines) is 1. The van der Waals surface area contributed by atoms with Crippen LogP contribution in [0.2, 0.25) is 0 Å². The molecule has 0 unspecified atom stereocenters. The number of likely N-dealkylation sites (N-methyl/N-ethyl adjacent to an activating group) is 1. The van der Waals surface area contributed by atoms with Crippen LogP contribution in [-0.4, -0.2) is 61.9 Å². The van der Waals surface area contributed by atoms with E-state index in [9.17, 15) is 9.90 Å². The zero-order valence-electron chi connectivity index (χ0n) is 17.7. The zero-order chi connectivity index (χ0) is 21.6. The minimum Gasteiger partial charge on any atom is -0.465 e. The van der Waals surface area contributed by atoms with Crippen molar-refractivity contribution in [1.82, 2.24) is 4.90 Å². The summed E-state index contributed by atoms with van der Waals surface area (Å²) in [6.45, 7) is 3.23. The van der Waals surface area contributed by atoms with Crippen molar-refractivity contribution in [3.8, 4) is 6.07 Å². The summed E-state index contributed by atoms with van der Waals surface area (Å²) in [6.07, 6.45) is 2.40. The van der Waals surface area contributed by atoms with Gasteiger partial charge in [-0.15, -0.1) is 0 Å². The van der Waals surface area contributed by atoms with Crippen molar-refractivity contribution in [3.05, 3.63) is 65.2 Å². The lowest BCUT2D eigenvalue weighted by Gasteiger charge is -2.40. The monoisotopic (exact) mass is 407 g/mol. The Hall–Kier alpha value is -2.88. The normalized spacial score (nSPS) is 15.9. The van der Waals surface area contributed by atoms with Crippen molar-refractivity contribution in [1.29, 1.82) is 5.26 Å². The van der Waals surface area contributed by atoms with E-state index in [4.69, 9.17) is 10.00 Å². The summed E-state index contributed by atoms with van der Waals surface area (Å²) < 4.78 is 4.73. The molecule has 0 aromatic heterocycles. The van der Waals surface area contributed by atoms with Gasteiger partial charge in [-0.2, -0.15) is 5.26 Å². The number of hydrogen-bond donors (Lipinski definition) is 1. The van der Waals surface area contributed by atoms with Gasteiger partial charge in [-0.1, -0.05) is 12.1 Å². The molecule has 1 aliphatic heterocycles. The van der Waals surface area contributed by atoms with E-state index >= 15 is 0 Å². The number of esters is 1. The molecule has 2 aromatic rings. The number of nitriles is 1. The molecule has 6 nitrogen and oxygen atoms in total. The van der Waals surface area contributed by atoms with Gasteiger partial charge in [0.25, 0.3) is 0 Å². The summed E-state index contributed by atoms with van der Waals surface area (Å²) in [7, 11) is 3.33. The Morgan fingerprint density at radius 1 is 1.17 bits per heavy atom. The highest BCUT2D eigenvalue weighted by Gasteiger charge is 2.33. The van der Waals surface area contributed by atoms with Gasteiger partial charge in [0.2, 0.25) is 0 Å². The fraction of sp³-hybridized carbons (Fsp3) is 0.417. The smallest absolute Gasteiger partial charge is 0.337 e. The van der Waals surface area contributed by atoms with Gasteiger partial charge in [0.15, 0.2) is 0 Å². The highest BCUT2D eigenvalue weighted by atomic mass is 16.5. The topological polar surface area (TPSA) is 76.8 Å². The van der Waals surface area contributed by atoms with Crippen molar-refractivity contribution in [2.24, 2.45) is 0 Å². The highest BCUT2D eigenvalue weighted by molar-refractivity contribution is 5.89. The molecule has 6 heteroatoms. The fourth-order valence-electron chi connectivity index (χ4n) is 3.89. The van der Waals surface area contributed by atoms with Crippen LogP contribution in [-0.2, 0) is 11.2 Å². The van der Waals surface area contributed by atoms with E-state index in [1.165, 1.54) is 12.7 Å². The number of piperidine rings is 1. The molecule has 1 aliphatic rings. The number of nitrogens with zero attached hydrogens (tertiary/aromatic N) is 3. The van der Waals surface area contributed by atoms with E-state index in [2.05, 4.69) is 11.0 Å². The molecular formula is C24H29N3O3. The average molecular weight is 408 g/mol. The molecular weight excluding hydrogens is 378 g/mol. The lowest BCUT2D eigenvalue weighted by molar-refractivity contribution is -0.0137. The maximum absolute atomic E-state index is 11.6. The highest BCUT2D eigenvalue weighted by Crippen LogP contribution is 2.26.